The number of benzene rings is 2. The van der Waals surface area contributed by atoms with Crippen molar-refractivity contribution in [2.75, 3.05) is 18.0 Å². The zero-order chi connectivity index (χ0) is 18.7. The first-order chi connectivity index (χ1) is 12.5. The van der Waals surface area contributed by atoms with Gasteiger partial charge in [0.15, 0.2) is 0 Å². The van der Waals surface area contributed by atoms with Gasteiger partial charge < -0.3 is 4.90 Å². The van der Waals surface area contributed by atoms with Gasteiger partial charge in [-0.25, -0.2) is 4.79 Å². The minimum absolute atomic E-state index is 0.0763. The number of rotatable bonds is 4. The molecule has 0 aliphatic carbocycles. The molecule has 1 atom stereocenters. The summed E-state index contributed by atoms with van der Waals surface area (Å²) in [5.74, 6) is 0.0763. The van der Waals surface area contributed by atoms with Crippen molar-refractivity contribution in [3.8, 4) is 6.07 Å². The van der Waals surface area contributed by atoms with Gasteiger partial charge in [0, 0.05) is 52.2 Å². The predicted molar refractivity (Wildman–Crippen MR) is 107 cm³/mol. The van der Waals surface area contributed by atoms with E-state index in [1.807, 2.05) is 30.3 Å². The van der Waals surface area contributed by atoms with Crippen LogP contribution in [0.25, 0.3) is 0 Å². The predicted octanol–water partition coefficient (Wildman–Crippen LogP) is 5.73. The second-order valence-corrected chi connectivity index (χ2v) is 7.97. The minimum Gasteiger partial charge on any atom is -0.320 e. The van der Waals surface area contributed by atoms with Crippen LogP contribution in [0.5, 0.6) is 0 Å². The number of nitriles is 1. The Kier molecular flexibility index (Phi) is 6.08. The molecule has 2 aromatic carbocycles. The Labute approximate surface area is 171 Å². The Bertz CT molecular complexity index is 851. The molecule has 2 amide bonds. The number of hydrogen-bond acceptors (Lipinski definition) is 2. The van der Waals surface area contributed by atoms with Crippen LogP contribution in [0.1, 0.15) is 12.0 Å². The third-order valence-electron chi connectivity index (χ3n) is 4.32. The number of amides is 2. The fourth-order valence-electron chi connectivity index (χ4n) is 3.04. The zero-order valence-electron chi connectivity index (χ0n) is 13.8. The van der Waals surface area contributed by atoms with Crippen molar-refractivity contribution in [2.45, 2.75) is 13.0 Å². The Hall–Kier alpha value is -1.74. The maximum Gasteiger partial charge on any atom is 0.324 e. The molecule has 7 heteroatoms. The highest BCUT2D eigenvalue weighted by Gasteiger charge is 2.32. The minimum atomic E-state index is -0.0903. The number of carbonyl (C=O) groups is 1. The van der Waals surface area contributed by atoms with Crippen molar-refractivity contribution in [2.24, 2.45) is 5.92 Å². The van der Waals surface area contributed by atoms with E-state index in [1.54, 1.807) is 21.9 Å². The molecule has 134 valence electrons. The Morgan fingerprint density at radius 3 is 2.54 bits per heavy atom. The smallest absolute Gasteiger partial charge is 0.320 e. The lowest BCUT2D eigenvalue weighted by Gasteiger charge is -2.39. The van der Waals surface area contributed by atoms with E-state index >= 15 is 0 Å². The van der Waals surface area contributed by atoms with E-state index in [2.05, 4.69) is 22.0 Å². The molecule has 1 saturated heterocycles. The number of urea groups is 1. The third-order valence-corrected chi connectivity index (χ3v) is 5.43. The van der Waals surface area contributed by atoms with E-state index < -0.39 is 0 Å². The molecule has 1 unspecified atom stereocenters. The van der Waals surface area contributed by atoms with Crippen LogP contribution < -0.4 is 4.90 Å². The quantitative estimate of drug-likeness (QED) is 0.594. The van der Waals surface area contributed by atoms with Crippen LogP contribution in [0.15, 0.2) is 46.9 Å². The molecule has 1 heterocycles. The van der Waals surface area contributed by atoms with E-state index in [-0.39, 0.29) is 11.9 Å². The molecule has 26 heavy (non-hydrogen) atoms. The monoisotopic (exact) mass is 451 g/mol. The van der Waals surface area contributed by atoms with Gasteiger partial charge in [0.05, 0.1) is 6.07 Å². The molecule has 0 spiro atoms. The summed E-state index contributed by atoms with van der Waals surface area (Å²) in [6.07, 6.45) is 0.394. The van der Waals surface area contributed by atoms with Gasteiger partial charge in [-0.3, -0.25) is 4.90 Å². The molecule has 0 bridgehead atoms. The molecule has 0 N–H and O–H groups in total. The molecule has 1 fully saturated rings. The summed E-state index contributed by atoms with van der Waals surface area (Å²) >= 11 is 15.6. The Balaban J connectivity index is 1.87. The summed E-state index contributed by atoms with van der Waals surface area (Å²) in [5.41, 5.74) is 1.64. The highest BCUT2D eigenvalue weighted by Crippen LogP contribution is 2.28. The van der Waals surface area contributed by atoms with Crippen LogP contribution in [0, 0.1) is 17.2 Å². The SMILES string of the molecule is N#CCC1CN(Cc2ccc(Cl)cc2Cl)C(=O)N(c2ccc(Br)cc2)C1. The van der Waals surface area contributed by atoms with Crippen LogP contribution in [0.4, 0.5) is 10.5 Å². The zero-order valence-corrected chi connectivity index (χ0v) is 16.9. The van der Waals surface area contributed by atoms with Crippen LogP contribution in [-0.4, -0.2) is 24.0 Å². The van der Waals surface area contributed by atoms with Crippen LogP contribution >= 0.6 is 39.1 Å². The first kappa shape index (κ1) is 19.0. The fraction of sp³-hybridized carbons (Fsp3) is 0.263. The molecule has 1 aliphatic heterocycles. The maximum absolute atomic E-state index is 13.0. The van der Waals surface area contributed by atoms with Crippen molar-refractivity contribution >= 4 is 50.9 Å². The Morgan fingerprint density at radius 2 is 1.88 bits per heavy atom. The lowest BCUT2D eigenvalue weighted by Crippen LogP contribution is -2.53. The summed E-state index contributed by atoms with van der Waals surface area (Å²) in [4.78, 5) is 16.5. The van der Waals surface area contributed by atoms with Crippen LogP contribution in [-0.2, 0) is 6.54 Å². The molecular formula is C19H16BrCl2N3O. The van der Waals surface area contributed by atoms with Gasteiger partial charge >= 0.3 is 6.03 Å². The average Bonchev–Trinajstić information content (AvgIpc) is 2.61. The third kappa shape index (κ3) is 4.32. The van der Waals surface area contributed by atoms with E-state index in [4.69, 9.17) is 28.5 Å². The van der Waals surface area contributed by atoms with Crippen molar-refractivity contribution in [3.63, 3.8) is 0 Å². The molecule has 2 aromatic rings. The van der Waals surface area contributed by atoms with Crippen molar-refractivity contribution in [3.05, 3.63) is 62.5 Å². The van der Waals surface area contributed by atoms with Gasteiger partial charge in [-0.05, 0) is 42.0 Å². The van der Waals surface area contributed by atoms with Gasteiger partial charge in [0.2, 0.25) is 0 Å². The average molecular weight is 453 g/mol. The van der Waals surface area contributed by atoms with E-state index in [0.29, 0.717) is 36.1 Å². The van der Waals surface area contributed by atoms with Gasteiger partial charge in [-0.1, -0.05) is 45.2 Å². The summed E-state index contributed by atoms with van der Waals surface area (Å²) in [6.45, 7) is 1.43. The second-order valence-electron chi connectivity index (χ2n) is 6.21. The molecular weight excluding hydrogens is 437 g/mol. The highest BCUT2D eigenvalue weighted by molar-refractivity contribution is 9.10. The number of halogens is 3. The lowest BCUT2D eigenvalue weighted by molar-refractivity contribution is 0.176. The normalized spacial score (nSPS) is 17.3. The molecule has 0 radical (unpaired) electrons. The van der Waals surface area contributed by atoms with Gasteiger partial charge in [0.25, 0.3) is 0 Å². The topological polar surface area (TPSA) is 47.3 Å². The first-order valence-corrected chi connectivity index (χ1v) is 9.65. The molecule has 4 nitrogen and oxygen atoms in total. The number of anilines is 1. The number of nitrogens with zero attached hydrogens (tertiary/aromatic N) is 3. The van der Waals surface area contributed by atoms with Gasteiger partial charge in [-0.15, -0.1) is 0 Å². The summed E-state index contributed by atoms with van der Waals surface area (Å²) in [5, 5.41) is 10.2. The number of hydrogen-bond donors (Lipinski definition) is 0. The Morgan fingerprint density at radius 1 is 1.15 bits per heavy atom. The second kappa shape index (κ2) is 8.30. The summed E-state index contributed by atoms with van der Waals surface area (Å²) in [7, 11) is 0. The standard InChI is InChI=1S/C19H16BrCl2N3O/c20-15-2-5-17(6-3-15)25-11-13(7-8-23)10-24(19(25)26)12-14-1-4-16(21)9-18(14)22/h1-6,9,13H,7,10-12H2. The van der Waals surface area contributed by atoms with E-state index in [1.165, 1.54) is 0 Å². The van der Waals surface area contributed by atoms with Gasteiger partial charge in [-0.2, -0.15) is 5.26 Å². The molecule has 0 saturated carbocycles. The van der Waals surface area contributed by atoms with Crippen molar-refractivity contribution in [1.29, 1.82) is 5.26 Å². The lowest BCUT2D eigenvalue weighted by atomic mass is 10.0. The molecule has 0 aromatic heterocycles. The largest absolute Gasteiger partial charge is 0.324 e. The van der Waals surface area contributed by atoms with Crippen molar-refractivity contribution < 1.29 is 4.79 Å². The van der Waals surface area contributed by atoms with Crippen LogP contribution in [0.2, 0.25) is 10.0 Å². The summed E-state index contributed by atoms with van der Waals surface area (Å²) < 4.78 is 0.948. The molecule has 1 aliphatic rings. The van der Waals surface area contributed by atoms with Gasteiger partial charge in [0.1, 0.15) is 0 Å². The van der Waals surface area contributed by atoms with Crippen LogP contribution in [0.3, 0.4) is 0 Å². The fourth-order valence-corrected chi connectivity index (χ4v) is 3.77. The van der Waals surface area contributed by atoms with Crippen molar-refractivity contribution in [1.82, 2.24) is 4.90 Å². The van der Waals surface area contributed by atoms with E-state index in [9.17, 15) is 4.79 Å². The number of carbonyl (C=O) groups excluding carboxylic acids is 1. The highest BCUT2D eigenvalue weighted by atomic mass is 79.9. The summed E-state index contributed by atoms with van der Waals surface area (Å²) in [6, 6.07) is 15.0. The maximum atomic E-state index is 13.0. The molecule has 3 rings (SSSR count). The van der Waals surface area contributed by atoms with E-state index in [0.717, 1.165) is 15.7 Å². The first-order valence-electron chi connectivity index (χ1n) is 8.11.